The molecule has 1 aromatic rings. The highest BCUT2D eigenvalue weighted by Crippen LogP contribution is 2.35. The molecule has 0 radical (unpaired) electrons. The molecule has 0 spiro atoms. The fourth-order valence-corrected chi connectivity index (χ4v) is 4.70. The van der Waals surface area contributed by atoms with Gasteiger partial charge < -0.3 is 4.74 Å². The first kappa shape index (κ1) is 15.4. The van der Waals surface area contributed by atoms with Crippen molar-refractivity contribution in [3.63, 3.8) is 0 Å². The predicted octanol–water partition coefficient (Wildman–Crippen LogP) is 4.56. The van der Waals surface area contributed by atoms with E-state index in [2.05, 4.69) is 41.3 Å². The van der Waals surface area contributed by atoms with Crippen LogP contribution in [0.1, 0.15) is 50.5 Å². The van der Waals surface area contributed by atoms with Crippen LogP contribution < -0.4 is 0 Å². The van der Waals surface area contributed by atoms with Crippen LogP contribution in [0.4, 0.5) is 0 Å². The van der Waals surface area contributed by atoms with E-state index in [0.717, 1.165) is 25.7 Å². The van der Waals surface area contributed by atoms with E-state index in [-0.39, 0.29) is 0 Å². The highest BCUT2D eigenvalue weighted by atomic mass is 16.5. The molecule has 2 bridgehead atoms. The number of hydrogen-bond acceptors (Lipinski definition) is 2. The first-order valence-electron chi connectivity index (χ1n) is 9.45. The van der Waals surface area contributed by atoms with Crippen LogP contribution in [-0.4, -0.2) is 30.2 Å². The maximum Gasteiger partial charge on any atom is 0.0658 e. The van der Waals surface area contributed by atoms with Crippen molar-refractivity contribution in [3.8, 4) is 0 Å². The minimum Gasteiger partial charge on any atom is -0.378 e. The lowest BCUT2D eigenvalue weighted by molar-refractivity contribution is -0.0445. The van der Waals surface area contributed by atoms with Gasteiger partial charge in [0.15, 0.2) is 0 Å². The molecule has 124 valence electrons. The van der Waals surface area contributed by atoms with Crippen LogP contribution in [0, 0.1) is 5.92 Å². The number of benzene rings is 1. The van der Waals surface area contributed by atoms with Gasteiger partial charge in [0.25, 0.3) is 0 Å². The topological polar surface area (TPSA) is 12.5 Å². The Kier molecular flexibility index (Phi) is 4.82. The Balaban J connectivity index is 1.44. The van der Waals surface area contributed by atoms with Crippen molar-refractivity contribution in [1.29, 1.82) is 0 Å². The minimum absolute atomic E-state index is 0.487. The second-order valence-corrected chi connectivity index (χ2v) is 7.65. The van der Waals surface area contributed by atoms with Crippen LogP contribution in [0.2, 0.25) is 0 Å². The maximum atomic E-state index is 5.86. The quantitative estimate of drug-likeness (QED) is 0.756. The Morgan fingerprint density at radius 1 is 1.00 bits per heavy atom. The van der Waals surface area contributed by atoms with Gasteiger partial charge in [-0.1, -0.05) is 74.1 Å². The lowest BCUT2D eigenvalue weighted by Gasteiger charge is -2.45. The Hall–Kier alpha value is -1.12. The summed E-state index contributed by atoms with van der Waals surface area (Å²) in [6.45, 7) is 2.84. The van der Waals surface area contributed by atoms with Crippen molar-refractivity contribution in [1.82, 2.24) is 4.90 Å². The summed E-state index contributed by atoms with van der Waals surface area (Å²) in [5.74, 6) is 0.956. The molecular weight excluding hydrogens is 282 g/mol. The molecule has 2 heterocycles. The molecule has 1 saturated heterocycles. The van der Waals surface area contributed by atoms with Gasteiger partial charge in [-0.3, -0.25) is 4.90 Å². The molecule has 2 heteroatoms. The first-order chi connectivity index (χ1) is 11.4. The fourth-order valence-electron chi connectivity index (χ4n) is 4.70. The van der Waals surface area contributed by atoms with E-state index in [1.165, 1.54) is 50.5 Å². The van der Waals surface area contributed by atoms with E-state index < -0.39 is 0 Å². The van der Waals surface area contributed by atoms with Crippen molar-refractivity contribution in [2.45, 2.75) is 63.6 Å². The lowest BCUT2D eigenvalue weighted by Crippen LogP contribution is -2.53. The summed E-state index contributed by atoms with van der Waals surface area (Å²) in [6.07, 6.45) is 12.4. The molecule has 0 N–H and O–H groups in total. The molecule has 4 rings (SSSR count). The average molecular weight is 311 g/mol. The third kappa shape index (κ3) is 3.70. The van der Waals surface area contributed by atoms with Crippen LogP contribution in [0.3, 0.4) is 0 Å². The maximum absolute atomic E-state index is 5.86. The number of morpholine rings is 1. The lowest BCUT2D eigenvalue weighted by atomic mass is 9.81. The minimum atomic E-state index is 0.487. The second-order valence-electron chi connectivity index (χ2n) is 7.65. The number of nitrogens with zero attached hydrogens (tertiary/aromatic N) is 1. The zero-order valence-electron chi connectivity index (χ0n) is 14.1. The second kappa shape index (κ2) is 7.19. The summed E-state index contributed by atoms with van der Waals surface area (Å²) < 4.78 is 5.86. The molecule has 2 fully saturated rings. The number of fused-ring (bicyclic) bond motifs is 2. The Bertz CT molecular complexity index is 532. The molecule has 1 aromatic carbocycles. The zero-order chi connectivity index (χ0) is 15.5. The third-order valence-electron chi connectivity index (χ3n) is 5.90. The van der Waals surface area contributed by atoms with Crippen molar-refractivity contribution in [3.05, 3.63) is 47.5 Å². The molecular formula is C21H29NO. The Morgan fingerprint density at radius 3 is 2.61 bits per heavy atom. The third-order valence-corrected chi connectivity index (χ3v) is 5.90. The standard InChI is InChI=1S/C21H29NO/c1-3-7-17(8-4-1)11-19-12-20-15-23-16-21(13-19)22(20)14-18-9-5-2-6-10-18/h2,5-6,9-10,12,17,20-21H,1,3-4,7-8,11,13-16H2. The van der Waals surface area contributed by atoms with Crippen LogP contribution >= 0.6 is 0 Å². The number of ether oxygens (including phenoxy) is 1. The van der Waals surface area contributed by atoms with Gasteiger partial charge >= 0.3 is 0 Å². The monoisotopic (exact) mass is 311 g/mol. The fraction of sp³-hybridized carbons (Fsp3) is 0.619. The van der Waals surface area contributed by atoms with Crippen molar-refractivity contribution >= 4 is 0 Å². The molecule has 2 aliphatic heterocycles. The molecule has 1 saturated carbocycles. The van der Waals surface area contributed by atoms with Gasteiger partial charge in [-0.05, 0) is 24.3 Å². The summed E-state index contributed by atoms with van der Waals surface area (Å²) in [4.78, 5) is 2.67. The van der Waals surface area contributed by atoms with Gasteiger partial charge in [0.05, 0.1) is 19.3 Å². The smallest absolute Gasteiger partial charge is 0.0658 e. The highest BCUT2D eigenvalue weighted by Gasteiger charge is 2.34. The zero-order valence-corrected chi connectivity index (χ0v) is 14.1. The van der Waals surface area contributed by atoms with Crippen molar-refractivity contribution in [2.75, 3.05) is 13.2 Å². The van der Waals surface area contributed by atoms with E-state index in [1.54, 1.807) is 5.57 Å². The van der Waals surface area contributed by atoms with Crippen molar-refractivity contribution < 1.29 is 4.74 Å². The van der Waals surface area contributed by atoms with Crippen molar-refractivity contribution in [2.24, 2.45) is 5.92 Å². The summed E-state index contributed by atoms with van der Waals surface area (Å²) in [6, 6.07) is 12.0. The summed E-state index contributed by atoms with van der Waals surface area (Å²) >= 11 is 0. The van der Waals surface area contributed by atoms with E-state index in [9.17, 15) is 0 Å². The highest BCUT2D eigenvalue weighted by molar-refractivity contribution is 5.20. The SMILES string of the molecule is C1=C(CC2CCCCC2)CC2COCC1N2Cc1ccccc1. The molecule has 0 amide bonds. The summed E-state index contributed by atoms with van der Waals surface area (Å²) in [5.41, 5.74) is 3.15. The number of hydrogen-bond donors (Lipinski definition) is 0. The van der Waals surface area contributed by atoms with E-state index >= 15 is 0 Å². The Labute approximate surface area is 140 Å². The van der Waals surface area contributed by atoms with E-state index in [4.69, 9.17) is 4.74 Å². The molecule has 1 aliphatic carbocycles. The van der Waals surface area contributed by atoms with Crippen LogP contribution in [0.5, 0.6) is 0 Å². The largest absolute Gasteiger partial charge is 0.378 e. The van der Waals surface area contributed by atoms with Gasteiger partial charge in [0.2, 0.25) is 0 Å². The van der Waals surface area contributed by atoms with E-state index in [0.29, 0.717) is 12.1 Å². The van der Waals surface area contributed by atoms with Gasteiger partial charge in [-0.15, -0.1) is 0 Å². The van der Waals surface area contributed by atoms with Crippen LogP contribution in [0.15, 0.2) is 42.0 Å². The van der Waals surface area contributed by atoms with Gasteiger partial charge in [0, 0.05) is 12.6 Å². The molecule has 0 aromatic heterocycles. The van der Waals surface area contributed by atoms with Crippen LogP contribution in [-0.2, 0) is 11.3 Å². The first-order valence-corrected chi connectivity index (χ1v) is 9.45. The van der Waals surface area contributed by atoms with Gasteiger partial charge in [0.1, 0.15) is 0 Å². The summed E-state index contributed by atoms with van der Waals surface area (Å²) in [7, 11) is 0. The predicted molar refractivity (Wildman–Crippen MR) is 94.3 cm³/mol. The molecule has 2 nitrogen and oxygen atoms in total. The molecule has 2 unspecified atom stereocenters. The normalized spacial score (nSPS) is 29.3. The van der Waals surface area contributed by atoms with E-state index in [1.807, 2.05) is 0 Å². The average Bonchev–Trinajstić information content (AvgIpc) is 2.57. The van der Waals surface area contributed by atoms with Gasteiger partial charge in [-0.25, -0.2) is 0 Å². The molecule has 3 aliphatic rings. The molecule has 23 heavy (non-hydrogen) atoms. The van der Waals surface area contributed by atoms with Crippen LogP contribution in [0.25, 0.3) is 0 Å². The van der Waals surface area contributed by atoms with Gasteiger partial charge in [-0.2, -0.15) is 0 Å². The summed E-state index contributed by atoms with van der Waals surface area (Å²) in [5, 5.41) is 0. The Morgan fingerprint density at radius 2 is 1.83 bits per heavy atom. The number of rotatable bonds is 4. The molecule has 2 atom stereocenters.